The number of aliphatic hydroxyl groups excluding tert-OH is 1. The lowest BCUT2D eigenvalue weighted by Gasteiger charge is -2.23. The molecule has 1 atom stereocenters. The molecule has 1 aliphatic rings. The number of hydrogen-bond donors (Lipinski definition) is 1. The number of amides is 1. The lowest BCUT2D eigenvalue weighted by molar-refractivity contribution is -0.140. The summed E-state index contributed by atoms with van der Waals surface area (Å²) >= 11 is 0. The smallest absolute Gasteiger partial charge is 0.416 e. The number of benzene rings is 1. The molecule has 32 heavy (non-hydrogen) atoms. The SMILES string of the molecule is Cc1ccc(C2/C(=C(/O)c3ccncc3)C(=O)C(=O)N2Cc2cccc(C(F)(F)F)c2)o1. The highest BCUT2D eigenvalue weighted by Crippen LogP contribution is 2.41. The largest absolute Gasteiger partial charge is 0.507 e. The van der Waals surface area contributed by atoms with Gasteiger partial charge in [0.05, 0.1) is 11.1 Å². The molecule has 4 rings (SSSR count). The predicted molar refractivity (Wildman–Crippen MR) is 107 cm³/mol. The lowest BCUT2D eigenvalue weighted by Crippen LogP contribution is -2.29. The fraction of sp³-hybridized carbons (Fsp3) is 0.174. The third-order valence-corrected chi connectivity index (χ3v) is 5.13. The molecular weight excluding hydrogens is 425 g/mol. The van der Waals surface area contributed by atoms with Crippen molar-refractivity contribution in [1.82, 2.24) is 9.88 Å². The van der Waals surface area contributed by atoms with Crippen LogP contribution in [0.5, 0.6) is 0 Å². The summed E-state index contributed by atoms with van der Waals surface area (Å²) in [5.74, 6) is -1.60. The maximum atomic E-state index is 13.1. The summed E-state index contributed by atoms with van der Waals surface area (Å²) in [6.45, 7) is 1.39. The van der Waals surface area contributed by atoms with Gasteiger partial charge in [-0.1, -0.05) is 12.1 Å². The van der Waals surface area contributed by atoms with Gasteiger partial charge in [0.1, 0.15) is 23.3 Å². The van der Waals surface area contributed by atoms with E-state index in [9.17, 15) is 27.9 Å². The van der Waals surface area contributed by atoms with Gasteiger partial charge in [-0.15, -0.1) is 0 Å². The summed E-state index contributed by atoms with van der Waals surface area (Å²) in [4.78, 5) is 30.7. The minimum atomic E-state index is -4.55. The van der Waals surface area contributed by atoms with E-state index in [4.69, 9.17) is 4.42 Å². The van der Waals surface area contributed by atoms with Crippen molar-refractivity contribution in [1.29, 1.82) is 0 Å². The van der Waals surface area contributed by atoms with E-state index in [1.54, 1.807) is 19.1 Å². The number of aryl methyl sites for hydroxylation is 1. The van der Waals surface area contributed by atoms with Crippen LogP contribution in [0, 0.1) is 6.92 Å². The number of hydrogen-bond acceptors (Lipinski definition) is 5. The van der Waals surface area contributed by atoms with Gasteiger partial charge >= 0.3 is 6.18 Å². The summed E-state index contributed by atoms with van der Waals surface area (Å²) in [6.07, 6.45) is -1.72. The van der Waals surface area contributed by atoms with E-state index in [2.05, 4.69) is 4.98 Å². The maximum Gasteiger partial charge on any atom is 0.416 e. The molecule has 1 N–H and O–H groups in total. The fourth-order valence-electron chi connectivity index (χ4n) is 3.65. The van der Waals surface area contributed by atoms with E-state index < -0.39 is 35.2 Å². The van der Waals surface area contributed by atoms with Crippen LogP contribution < -0.4 is 0 Å². The van der Waals surface area contributed by atoms with Crippen LogP contribution in [0.4, 0.5) is 13.2 Å². The summed E-state index contributed by atoms with van der Waals surface area (Å²) in [5.41, 5.74) is -0.624. The Morgan fingerprint density at radius 2 is 1.84 bits per heavy atom. The Morgan fingerprint density at radius 3 is 2.47 bits per heavy atom. The molecule has 1 saturated heterocycles. The highest BCUT2D eigenvalue weighted by atomic mass is 19.4. The first-order valence-corrected chi connectivity index (χ1v) is 9.58. The number of Topliss-reactive ketones (excluding diaryl/α,β-unsaturated/α-hetero) is 1. The van der Waals surface area contributed by atoms with Crippen molar-refractivity contribution in [2.45, 2.75) is 25.7 Å². The molecule has 1 unspecified atom stereocenters. The zero-order valence-electron chi connectivity index (χ0n) is 16.8. The summed E-state index contributed by atoms with van der Waals surface area (Å²) in [7, 11) is 0. The van der Waals surface area contributed by atoms with Crippen molar-refractivity contribution in [2.24, 2.45) is 0 Å². The first-order chi connectivity index (χ1) is 15.2. The average molecular weight is 442 g/mol. The van der Waals surface area contributed by atoms with E-state index >= 15 is 0 Å². The van der Waals surface area contributed by atoms with Crippen molar-refractivity contribution in [3.63, 3.8) is 0 Å². The quantitative estimate of drug-likeness (QED) is 0.362. The van der Waals surface area contributed by atoms with Crippen molar-refractivity contribution < 1.29 is 32.3 Å². The van der Waals surface area contributed by atoms with Crippen LogP contribution >= 0.6 is 0 Å². The molecule has 0 bridgehead atoms. The molecular formula is C23H17F3N2O4. The second kappa shape index (κ2) is 7.99. The molecule has 0 radical (unpaired) electrons. The molecule has 2 aromatic heterocycles. The van der Waals surface area contributed by atoms with E-state index in [1.807, 2.05) is 0 Å². The van der Waals surface area contributed by atoms with Crippen molar-refractivity contribution >= 4 is 17.4 Å². The predicted octanol–water partition coefficient (Wildman–Crippen LogP) is 4.62. The number of alkyl halides is 3. The monoisotopic (exact) mass is 442 g/mol. The number of aliphatic hydroxyl groups is 1. The van der Waals surface area contributed by atoms with Gasteiger partial charge in [0.25, 0.3) is 11.7 Å². The number of rotatable bonds is 4. The zero-order valence-corrected chi connectivity index (χ0v) is 16.8. The van der Waals surface area contributed by atoms with E-state index in [0.717, 1.165) is 17.0 Å². The van der Waals surface area contributed by atoms with E-state index in [1.165, 1.54) is 36.7 Å². The number of likely N-dealkylation sites (tertiary alicyclic amines) is 1. The van der Waals surface area contributed by atoms with Gasteiger partial charge < -0.3 is 14.4 Å². The number of halogens is 3. The van der Waals surface area contributed by atoms with Crippen molar-refractivity contribution in [3.8, 4) is 0 Å². The van der Waals surface area contributed by atoms with Gasteiger partial charge in [-0.2, -0.15) is 13.2 Å². The van der Waals surface area contributed by atoms with Crippen LogP contribution in [-0.2, 0) is 22.3 Å². The molecule has 3 heterocycles. The lowest BCUT2D eigenvalue weighted by atomic mass is 9.99. The highest BCUT2D eigenvalue weighted by molar-refractivity contribution is 6.46. The Balaban J connectivity index is 1.82. The Bertz CT molecular complexity index is 1220. The Labute approximate surface area is 180 Å². The molecule has 1 amide bonds. The Kier molecular flexibility index (Phi) is 5.33. The first kappa shape index (κ1) is 21.4. The molecule has 1 aromatic carbocycles. The average Bonchev–Trinajstić information content (AvgIpc) is 3.30. The summed E-state index contributed by atoms with van der Waals surface area (Å²) < 4.78 is 45.0. The van der Waals surface area contributed by atoms with Gasteiger partial charge in [-0.05, 0) is 48.9 Å². The number of carbonyl (C=O) groups is 2. The van der Waals surface area contributed by atoms with E-state index in [0.29, 0.717) is 5.76 Å². The van der Waals surface area contributed by atoms with Crippen molar-refractivity contribution in [2.75, 3.05) is 0 Å². The molecule has 1 aliphatic heterocycles. The number of ketones is 1. The first-order valence-electron chi connectivity index (χ1n) is 9.58. The van der Waals surface area contributed by atoms with Gasteiger partial charge in [-0.3, -0.25) is 14.6 Å². The highest BCUT2D eigenvalue weighted by Gasteiger charge is 2.47. The summed E-state index contributed by atoms with van der Waals surface area (Å²) in [6, 6.07) is 9.55. The minimum Gasteiger partial charge on any atom is -0.507 e. The van der Waals surface area contributed by atoms with Crippen LogP contribution in [0.25, 0.3) is 5.76 Å². The van der Waals surface area contributed by atoms with Gasteiger partial charge in [0, 0.05) is 24.5 Å². The Hall–Kier alpha value is -3.88. The third kappa shape index (κ3) is 3.89. The normalized spacial score (nSPS) is 18.4. The third-order valence-electron chi connectivity index (χ3n) is 5.13. The standard InChI is InChI=1S/C23H17F3N2O4/c1-13-5-6-17(32-13)19-18(20(29)15-7-9-27-10-8-15)21(30)22(31)28(19)12-14-3-2-4-16(11-14)23(24,25)26/h2-11,19,29H,12H2,1H3/b20-18-. The molecule has 0 saturated carbocycles. The Morgan fingerprint density at radius 1 is 1.12 bits per heavy atom. The van der Waals surface area contributed by atoms with Crippen LogP contribution in [0.2, 0.25) is 0 Å². The van der Waals surface area contributed by atoms with Crippen LogP contribution in [0.15, 0.2) is 70.9 Å². The molecule has 0 aliphatic carbocycles. The minimum absolute atomic E-state index is 0.180. The molecule has 1 fully saturated rings. The zero-order chi connectivity index (χ0) is 23.0. The maximum absolute atomic E-state index is 13.1. The number of pyridine rings is 1. The van der Waals surface area contributed by atoms with Gasteiger partial charge in [-0.25, -0.2) is 0 Å². The molecule has 6 nitrogen and oxygen atoms in total. The van der Waals surface area contributed by atoms with Gasteiger partial charge in [0.2, 0.25) is 0 Å². The number of carbonyl (C=O) groups excluding carboxylic acids is 2. The number of aromatic nitrogens is 1. The number of furan rings is 1. The fourth-order valence-corrected chi connectivity index (χ4v) is 3.65. The van der Waals surface area contributed by atoms with Crippen molar-refractivity contribution in [3.05, 3.63) is 94.7 Å². The topological polar surface area (TPSA) is 83.6 Å². The van der Waals surface area contributed by atoms with Crippen LogP contribution in [0.1, 0.15) is 34.3 Å². The molecule has 0 spiro atoms. The molecule has 9 heteroatoms. The molecule has 3 aromatic rings. The van der Waals surface area contributed by atoms with Crippen LogP contribution in [0.3, 0.4) is 0 Å². The van der Waals surface area contributed by atoms with E-state index in [-0.39, 0.29) is 29.0 Å². The second-order valence-electron chi connectivity index (χ2n) is 7.31. The molecule has 164 valence electrons. The summed E-state index contributed by atoms with van der Waals surface area (Å²) in [5, 5.41) is 10.8. The van der Waals surface area contributed by atoms with Gasteiger partial charge in [0.15, 0.2) is 0 Å². The van der Waals surface area contributed by atoms with Crippen LogP contribution in [-0.4, -0.2) is 26.7 Å². The number of nitrogens with zero attached hydrogens (tertiary/aromatic N) is 2. The second-order valence-corrected chi connectivity index (χ2v) is 7.31.